The van der Waals surface area contributed by atoms with E-state index in [1.165, 1.54) is 4.88 Å². The maximum Gasteiger partial charge on any atom is 0.336 e. The molecule has 0 saturated heterocycles. The fraction of sp³-hybridized carbons (Fsp3) is 0.320. The Morgan fingerprint density at radius 1 is 1.31 bits per heavy atom. The van der Waals surface area contributed by atoms with Gasteiger partial charge < -0.3 is 10.8 Å². The lowest BCUT2D eigenvalue weighted by molar-refractivity contribution is -0.118. The van der Waals surface area contributed by atoms with Crippen LogP contribution in [-0.2, 0) is 17.6 Å². The molecule has 3 N–H and O–H groups in total. The number of carbonyl (C=O) groups is 2. The average molecular weight is 448 g/mol. The van der Waals surface area contributed by atoms with E-state index >= 15 is 0 Å². The van der Waals surface area contributed by atoms with Crippen LogP contribution in [-0.4, -0.2) is 39.5 Å². The van der Waals surface area contributed by atoms with Crippen molar-refractivity contribution in [2.24, 2.45) is 5.73 Å². The zero-order valence-electron chi connectivity index (χ0n) is 17.7. The quantitative estimate of drug-likeness (QED) is 0.512. The van der Waals surface area contributed by atoms with Crippen molar-refractivity contribution >= 4 is 34.0 Å². The molecule has 0 aliphatic heterocycles. The van der Waals surface area contributed by atoms with Crippen molar-refractivity contribution < 1.29 is 14.7 Å². The van der Waals surface area contributed by atoms with Crippen LogP contribution in [0, 0.1) is 12.3 Å². The third-order valence-corrected chi connectivity index (χ3v) is 7.10. The minimum Gasteiger partial charge on any atom is -0.478 e. The molecule has 1 aromatic heterocycles. The van der Waals surface area contributed by atoms with E-state index in [1.54, 1.807) is 17.4 Å². The van der Waals surface area contributed by atoms with Crippen LogP contribution < -0.4 is 5.73 Å². The number of terminal acetylenes is 1. The molecule has 2 atom stereocenters. The van der Waals surface area contributed by atoms with Gasteiger partial charge in [0.15, 0.2) is 0 Å². The summed E-state index contributed by atoms with van der Waals surface area (Å²) in [7, 11) is 0. The van der Waals surface area contributed by atoms with Crippen LogP contribution in [0.1, 0.15) is 51.8 Å². The van der Waals surface area contributed by atoms with E-state index in [-0.39, 0.29) is 24.1 Å². The normalized spacial score (nSPS) is 16.4. The summed E-state index contributed by atoms with van der Waals surface area (Å²) in [5, 5.41) is 11.8. The second kappa shape index (κ2) is 9.51. The fourth-order valence-electron chi connectivity index (χ4n) is 4.76. The summed E-state index contributed by atoms with van der Waals surface area (Å²) in [5.74, 6) is 1.36. The number of aryl methyl sites for hydroxylation is 1. The number of aromatic nitrogens is 1. The van der Waals surface area contributed by atoms with Crippen molar-refractivity contribution in [1.82, 2.24) is 9.88 Å². The third kappa shape index (κ3) is 4.38. The topological polar surface area (TPSA) is 96.5 Å². The van der Waals surface area contributed by atoms with E-state index in [4.69, 9.17) is 12.2 Å². The fourth-order valence-corrected chi connectivity index (χ4v) is 5.65. The minimum absolute atomic E-state index is 0.123. The molecule has 164 valence electrons. The molecule has 1 aliphatic carbocycles. The van der Waals surface area contributed by atoms with Crippen molar-refractivity contribution in [1.29, 1.82) is 0 Å². The SMILES string of the molecule is C#CCN(C1CCc2ncsc2C1)C(CCC(N)=O)c1c(C(=O)O)ccc2ccccc12. The minimum atomic E-state index is -0.996. The monoisotopic (exact) mass is 447 g/mol. The number of rotatable bonds is 8. The number of hydrogen-bond acceptors (Lipinski definition) is 5. The van der Waals surface area contributed by atoms with E-state index < -0.39 is 11.9 Å². The first-order valence-corrected chi connectivity index (χ1v) is 11.5. The van der Waals surface area contributed by atoms with Crippen LogP contribution in [0.15, 0.2) is 41.9 Å². The first-order valence-electron chi connectivity index (χ1n) is 10.6. The van der Waals surface area contributed by atoms with Gasteiger partial charge in [0.2, 0.25) is 5.91 Å². The Bertz CT molecular complexity index is 1200. The highest BCUT2D eigenvalue weighted by molar-refractivity contribution is 7.09. The molecule has 4 rings (SSSR count). The van der Waals surface area contributed by atoms with Crippen LogP contribution in [0.25, 0.3) is 10.8 Å². The highest BCUT2D eigenvalue weighted by Gasteiger charge is 2.34. The lowest BCUT2D eigenvalue weighted by Gasteiger charge is -2.39. The van der Waals surface area contributed by atoms with E-state index in [1.807, 2.05) is 35.8 Å². The van der Waals surface area contributed by atoms with Crippen molar-refractivity contribution in [3.63, 3.8) is 0 Å². The summed E-state index contributed by atoms with van der Waals surface area (Å²) in [6.07, 6.45) is 8.87. The van der Waals surface area contributed by atoms with E-state index in [2.05, 4.69) is 15.8 Å². The molecule has 0 bridgehead atoms. The third-order valence-electron chi connectivity index (χ3n) is 6.20. The molecular formula is C25H25N3O3S. The molecule has 2 aromatic carbocycles. The Labute approximate surface area is 191 Å². The van der Waals surface area contributed by atoms with Gasteiger partial charge in [-0.25, -0.2) is 9.78 Å². The van der Waals surface area contributed by atoms with Gasteiger partial charge in [-0.3, -0.25) is 9.69 Å². The predicted octanol–water partition coefficient (Wildman–Crippen LogP) is 3.79. The summed E-state index contributed by atoms with van der Waals surface area (Å²) >= 11 is 1.64. The maximum atomic E-state index is 12.2. The summed E-state index contributed by atoms with van der Waals surface area (Å²) < 4.78 is 0. The van der Waals surface area contributed by atoms with Crippen molar-refractivity contribution in [3.05, 3.63) is 63.6 Å². The van der Waals surface area contributed by atoms with Gasteiger partial charge in [0.05, 0.1) is 23.3 Å². The number of thiazole rings is 1. The predicted molar refractivity (Wildman–Crippen MR) is 126 cm³/mol. The number of benzene rings is 2. The molecule has 0 spiro atoms. The first-order chi connectivity index (χ1) is 15.5. The van der Waals surface area contributed by atoms with E-state index in [0.717, 1.165) is 35.7 Å². The number of nitrogens with two attached hydrogens (primary N) is 1. The van der Waals surface area contributed by atoms with Gasteiger partial charge in [0.1, 0.15) is 0 Å². The van der Waals surface area contributed by atoms with Crippen molar-refractivity contribution in [3.8, 4) is 12.3 Å². The lowest BCUT2D eigenvalue weighted by atomic mass is 9.87. The van der Waals surface area contributed by atoms with Crippen molar-refractivity contribution in [2.45, 2.75) is 44.2 Å². The smallest absolute Gasteiger partial charge is 0.336 e. The first kappa shape index (κ1) is 22.0. The zero-order valence-corrected chi connectivity index (χ0v) is 18.5. The van der Waals surface area contributed by atoms with Gasteiger partial charge in [0, 0.05) is 23.4 Å². The average Bonchev–Trinajstić information content (AvgIpc) is 3.26. The number of hydrogen-bond donors (Lipinski definition) is 2. The van der Waals surface area contributed by atoms with E-state index in [0.29, 0.717) is 18.5 Å². The van der Waals surface area contributed by atoms with Crippen LogP contribution in [0.4, 0.5) is 0 Å². The van der Waals surface area contributed by atoms with Crippen LogP contribution in [0.5, 0.6) is 0 Å². The molecule has 2 unspecified atom stereocenters. The summed E-state index contributed by atoms with van der Waals surface area (Å²) in [4.78, 5) is 31.9. The summed E-state index contributed by atoms with van der Waals surface area (Å²) in [5.41, 5.74) is 9.45. The number of amides is 1. The van der Waals surface area contributed by atoms with Gasteiger partial charge in [-0.15, -0.1) is 17.8 Å². The van der Waals surface area contributed by atoms with Crippen LogP contribution >= 0.6 is 11.3 Å². The molecule has 0 radical (unpaired) electrons. The van der Waals surface area contributed by atoms with Crippen LogP contribution in [0.2, 0.25) is 0 Å². The Morgan fingerprint density at radius 3 is 2.88 bits per heavy atom. The number of fused-ring (bicyclic) bond motifs is 2. The number of nitrogens with zero attached hydrogens (tertiary/aromatic N) is 2. The highest BCUT2D eigenvalue weighted by atomic mass is 32.1. The molecule has 0 saturated carbocycles. The van der Waals surface area contributed by atoms with Crippen LogP contribution in [0.3, 0.4) is 0 Å². The number of carbonyl (C=O) groups excluding carboxylic acids is 1. The molecule has 32 heavy (non-hydrogen) atoms. The molecule has 1 heterocycles. The maximum absolute atomic E-state index is 12.2. The standard InChI is InChI=1S/C25H25N3O3S/c1-2-13-28(17-8-10-20-22(14-17)32-15-27-20)21(11-12-23(26)29)24-18-6-4-3-5-16(18)7-9-19(24)25(30)31/h1,3-7,9,15,17,21H,8,10-14H2,(H2,26,29)(H,30,31). The zero-order chi connectivity index (χ0) is 22.7. The van der Waals surface area contributed by atoms with Gasteiger partial charge in [0.25, 0.3) is 0 Å². The molecule has 7 heteroatoms. The number of carboxylic acids is 1. The largest absolute Gasteiger partial charge is 0.478 e. The Kier molecular flexibility index (Phi) is 6.54. The second-order valence-corrected chi connectivity index (χ2v) is 9.01. The number of aromatic carboxylic acids is 1. The lowest BCUT2D eigenvalue weighted by Crippen LogP contribution is -2.42. The Balaban J connectivity index is 1.85. The van der Waals surface area contributed by atoms with Crippen molar-refractivity contribution in [2.75, 3.05) is 6.54 Å². The van der Waals surface area contributed by atoms with Gasteiger partial charge in [-0.05, 0) is 48.1 Å². The van der Waals surface area contributed by atoms with Gasteiger partial charge in [-0.1, -0.05) is 36.3 Å². The van der Waals surface area contributed by atoms with Gasteiger partial charge >= 0.3 is 5.97 Å². The Morgan fingerprint density at radius 2 is 2.12 bits per heavy atom. The van der Waals surface area contributed by atoms with E-state index in [9.17, 15) is 14.7 Å². The molecule has 0 fully saturated rings. The molecule has 3 aromatic rings. The Hall–Kier alpha value is -3.21. The summed E-state index contributed by atoms with van der Waals surface area (Å²) in [6.45, 7) is 0.352. The van der Waals surface area contributed by atoms with Gasteiger partial charge in [-0.2, -0.15) is 0 Å². The molecule has 1 amide bonds. The number of carboxylic acid groups (broad SMARTS) is 1. The number of primary amides is 1. The molecule has 6 nitrogen and oxygen atoms in total. The second-order valence-electron chi connectivity index (χ2n) is 8.07. The summed E-state index contributed by atoms with van der Waals surface area (Å²) in [6, 6.07) is 11.0. The molecular weight excluding hydrogens is 422 g/mol. The molecule has 1 aliphatic rings. The highest BCUT2D eigenvalue weighted by Crippen LogP contribution is 2.38.